The van der Waals surface area contributed by atoms with E-state index in [9.17, 15) is 14.4 Å². The third-order valence-electron chi connectivity index (χ3n) is 2.48. The number of amides is 4. The number of hydroxylamine groups is 1. The molecule has 1 fully saturated rings. The van der Waals surface area contributed by atoms with Crippen LogP contribution >= 0.6 is 0 Å². The van der Waals surface area contributed by atoms with Crippen LogP contribution in [0.4, 0.5) is 4.79 Å². The van der Waals surface area contributed by atoms with Crippen LogP contribution in [0.25, 0.3) is 0 Å². The molecule has 0 saturated carbocycles. The number of nitrogens with zero attached hydrogens (tertiary/aromatic N) is 2. The van der Waals surface area contributed by atoms with E-state index < -0.39 is 17.8 Å². The van der Waals surface area contributed by atoms with Crippen LogP contribution < -0.4 is 5.48 Å². The Morgan fingerprint density at radius 2 is 1.80 bits per heavy atom. The first-order chi connectivity index (χ1) is 9.60. The second-order valence-corrected chi connectivity index (χ2v) is 3.86. The van der Waals surface area contributed by atoms with Crippen molar-refractivity contribution >= 4 is 17.8 Å². The van der Waals surface area contributed by atoms with Crippen molar-refractivity contribution in [2.24, 2.45) is 0 Å². The molecule has 0 spiro atoms. The van der Waals surface area contributed by atoms with Gasteiger partial charge in [0.2, 0.25) is 11.8 Å². The van der Waals surface area contributed by atoms with Gasteiger partial charge in [0.15, 0.2) is 0 Å². The Hall–Kier alpha value is -2.72. The van der Waals surface area contributed by atoms with Crippen molar-refractivity contribution in [3.63, 3.8) is 0 Å². The Morgan fingerprint density at radius 1 is 1.25 bits per heavy atom. The van der Waals surface area contributed by atoms with Gasteiger partial charge in [0.1, 0.15) is 0 Å². The largest absolute Gasteiger partial charge is 0.354 e. The maximum absolute atomic E-state index is 10.7. The van der Waals surface area contributed by atoms with Gasteiger partial charge in [0.25, 0.3) is 0 Å². The number of hydrogen-bond donors (Lipinski definition) is 2. The van der Waals surface area contributed by atoms with Gasteiger partial charge in [-0.3, -0.25) is 14.8 Å². The molecule has 1 aliphatic rings. The molecule has 2 N–H and O–H groups in total. The van der Waals surface area contributed by atoms with Crippen LogP contribution in [0.3, 0.4) is 0 Å². The Kier molecular flexibility index (Phi) is 5.87. The lowest BCUT2D eigenvalue weighted by Crippen LogP contribution is -2.41. The topological polar surface area (TPSA) is 111 Å². The fourth-order valence-corrected chi connectivity index (χ4v) is 1.54. The van der Waals surface area contributed by atoms with Gasteiger partial charge in [0.05, 0.1) is 12.5 Å². The van der Waals surface area contributed by atoms with Crippen LogP contribution in [0.5, 0.6) is 0 Å². The van der Waals surface area contributed by atoms with Crippen molar-refractivity contribution in [1.82, 2.24) is 10.4 Å². The van der Waals surface area contributed by atoms with E-state index in [0.29, 0.717) is 11.3 Å². The lowest BCUT2D eigenvalue weighted by Gasteiger charge is -2.08. The second kappa shape index (κ2) is 7.66. The summed E-state index contributed by atoms with van der Waals surface area (Å²) < 4.78 is 0. The highest BCUT2D eigenvalue weighted by atomic mass is 16.5. The average Bonchev–Trinajstić information content (AvgIpc) is 2.80. The molecule has 0 radical (unpaired) electrons. The van der Waals surface area contributed by atoms with Gasteiger partial charge in [-0.05, 0) is 5.56 Å². The smallest absolute Gasteiger partial charge is 0.287 e. The molecule has 1 aliphatic heterocycles. The first kappa shape index (κ1) is 15.3. The van der Waals surface area contributed by atoms with E-state index in [4.69, 9.17) is 10.5 Å². The number of benzene rings is 1. The lowest BCUT2D eigenvalue weighted by molar-refractivity contribution is -0.135. The highest BCUT2D eigenvalue weighted by Crippen LogP contribution is 2.10. The SMILES string of the molecule is N#CCc1ccccc1.O=C1CCC(=O)N1C(=O)NO. The highest BCUT2D eigenvalue weighted by molar-refractivity contribution is 6.14. The standard InChI is InChI=1S/C8H7N.C5H6N2O4/c9-7-6-8-4-2-1-3-5-8;8-3-1-2-4(9)7(3)5(10)6-11/h1-5H,6H2;11H,1-2H2,(H,6,10). The van der Waals surface area contributed by atoms with Crippen molar-refractivity contribution in [3.8, 4) is 6.07 Å². The number of nitriles is 1. The molecule has 0 unspecified atom stereocenters. The maximum atomic E-state index is 10.7. The number of likely N-dealkylation sites (tertiary alicyclic amines) is 1. The summed E-state index contributed by atoms with van der Waals surface area (Å²) in [5.74, 6) is -1.16. The molecular formula is C13H13N3O4. The third-order valence-corrected chi connectivity index (χ3v) is 2.48. The fraction of sp³-hybridized carbons (Fsp3) is 0.231. The van der Waals surface area contributed by atoms with Crippen molar-refractivity contribution in [2.75, 3.05) is 0 Å². The minimum atomic E-state index is -1.09. The monoisotopic (exact) mass is 275 g/mol. The van der Waals surface area contributed by atoms with Crippen molar-refractivity contribution in [2.45, 2.75) is 19.3 Å². The first-order valence-corrected chi connectivity index (χ1v) is 5.81. The van der Waals surface area contributed by atoms with Crippen molar-refractivity contribution < 1.29 is 19.6 Å². The Bertz CT molecular complexity index is 520. The number of carbonyl (C=O) groups excluding carboxylic acids is 3. The van der Waals surface area contributed by atoms with Crippen LogP contribution in [-0.4, -0.2) is 28.0 Å². The van der Waals surface area contributed by atoms with E-state index in [2.05, 4.69) is 6.07 Å². The molecule has 1 saturated heterocycles. The molecule has 1 aromatic carbocycles. The van der Waals surface area contributed by atoms with Crippen LogP contribution in [0.1, 0.15) is 18.4 Å². The van der Waals surface area contributed by atoms with E-state index in [1.165, 1.54) is 5.48 Å². The molecule has 1 heterocycles. The molecule has 0 atom stereocenters. The van der Waals surface area contributed by atoms with Gasteiger partial charge < -0.3 is 0 Å². The van der Waals surface area contributed by atoms with Crippen LogP contribution in [0.2, 0.25) is 0 Å². The molecule has 7 nitrogen and oxygen atoms in total. The zero-order chi connectivity index (χ0) is 15.0. The summed E-state index contributed by atoms with van der Waals surface area (Å²) in [5, 5.41) is 16.4. The number of hydrogen-bond acceptors (Lipinski definition) is 5. The van der Waals surface area contributed by atoms with Crippen molar-refractivity contribution in [1.29, 1.82) is 5.26 Å². The minimum Gasteiger partial charge on any atom is -0.287 e. The number of carbonyl (C=O) groups is 3. The summed E-state index contributed by atoms with van der Waals surface area (Å²) in [5.41, 5.74) is 2.30. The Balaban J connectivity index is 0.000000204. The summed E-state index contributed by atoms with van der Waals surface area (Å²) in [4.78, 5) is 32.4. The van der Waals surface area contributed by atoms with E-state index in [1.54, 1.807) is 0 Å². The molecule has 20 heavy (non-hydrogen) atoms. The number of urea groups is 1. The number of nitrogens with one attached hydrogen (secondary N) is 1. The molecule has 2 rings (SSSR count). The molecule has 0 aliphatic carbocycles. The predicted molar refractivity (Wildman–Crippen MR) is 67.2 cm³/mol. The van der Waals surface area contributed by atoms with Gasteiger partial charge >= 0.3 is 6.03 Å². The summed E-state index contributed by atoms with van der Waals surface area (Å²) >= 11 is 0. The average molecular weight is 275 g/mol. The number of imide groups is 3. The van der Waals surface area contributed by atoms with Crippen LogP contribution in [0, 0.1) is 11.3 Å². The molecule has 4 amide bonds. The molecule has 1 aromatic rings. The van der Waals surface area contributed by atoms with E-state index in [1.807, 2.05) is 30.3 Å². The van der Waals surface area contributed by atoms with Crippen LogP contribution in [0.15, 0.2) is 30.3 Å². The van der Waals surface area contributed by atoms with Gasteiger partial charge in [-0.15, -0.1) is 0 Å². The van der Waals surface area contributed by atoms with Gasteiger partial charge in [-0.1, -0.05) is 30.3 Å². The van der Waals surface area contributed by atoms with Gasteiger partial charge in [-0.25, -0.2) is 10.3 Å². The van der Waals surface area contributed by atoms with E-state index in [0.717, 1.165) is 5.56 Å². The molecule has 104 valence electrons. The quantitative estimate of drug-likeness (QED) is 0.451. The fourth-order valence-electron chi connectivity index (χ4n) is 1.54. The van der Waals surface area contributed by atoms with Crippen LogP contribution in [-0.2, 0) is 16.0 Å². The van der Waals surface area contributed by atoms with E-state index in [-0.39, 0.29) is 12.8 Å². The number of rotatable bonds is 1. The zero-order valence-corrected chi connectivity index (χ0v) is 10.6. The maximum Gasteiger partial charge on any atom is 0.354 e. The molecule has 0 aromatic heterocycles. The molecule has 7 heteroatoms. The minimum absolute atomic E-state index is 0.0340. The van der Waals surface area contributed by atoms with E-state index >= 15 is 0 Å². The van der Waals surface area contributed by atoms with Gasteiger partial charge in [-0.2, -0.15) is 10.2 Å². The first-order valence-electron chi connectivity index (χ1n) is 5.81. The molecule has 0 bridgehead atoms. The Morgan fingerprint density at radius 3 is 2.25 bits per heavy atom. The summed E-state index contributed by atoms with van der Waals surface area (Å²) in [6.07, 6.45) is 0.583. The Labute approximate surface area is 115 Å². The summed E-state index contributed by atoms with van der Waals surface area (Å²) in [6.45, 7) is 0. The van der Waals surface area contributed by atoms with Gasteiger partial charge in [0, 0.05) is 12.8 Å². The summed E-state index contributed by atoms with van der Waals surface area (Å²) in [7, 11) is 0. The summed E-state index contributed by atoms with van der Waals surface area (Å²) in [6, 6.07) is 10.7. The predicted octanol–water partition coefficient (Wildman–Crippen LogP) is 0.987. The third kappa shape index (κ3) is 4.19. The zero-order valence-electron chi connectivity index (χ0n) is 10.6. The lowest BCUT2D eigenvalue weighted by atomic mass is 10.2. The second-order valence-electron chi connectivity index (χ2n) is 3.86. The molecular weight excluding hydrogens is 262 g/mol. The van der Waals surface area contributed by atoms with Crippen molar-refractivity contribution in [3.05, 3.63) is 35.9 Å². The normalized spacial score (nSPS) is 13.3. The highest BCUT2D eigenvalue weighted by Gasteiger charge is 2.34.